The minimum atomic E-state index is -0.0106. The van der Waals surface area contributed by atoms with Gasteiger partial charge < -0.3 is 4.74 Å². The van der Waals surface area contributed by atoms with Gasteiger partial charge in [0.25, 0.3) is 0 Å². The summed E-state index contributed by atoms with van der Waals surface area (Å²) >= 11 is 0. The zero-order chi connectivity index (χ0) is 8.93. The first-order valence-electron chi connectivity index (χ1n) is 4.66. The van der Waals surface area contributed by atoms with Crippen molar-refractivity contribution in [3.8, 4) is 0 Å². The van der Waals surface area contributed by atoms with Crippen molar-refractivity contribution < 1.29 is 9.53 Å². The van der Waals surface area contributed by atoms with Crippen LogP contribution in [0.5, 0.6) is 0 Å². The monoisotopic (exact) mass is 168 g/mol. The molecule has 12 heavy (non-hydrogen) atoms. The number of carbonyl (C=O) groups is 1. The van der Waals surface area contributed by atoms with E-state index in [-0.39, 0.29) is 17.6 Å². The molecule has 2 nitrogen and oxygen atoms in total. The van der Waals surface area contributed by atoms with Gasteiger partial charge >= 0.3 is 0 Å². The van der Waals surface area contributed by atoms with E-state index in [4.69, 9.17) is 4.74 Å². The third-order valence-electron chi connectivity index (χ3n) is 3.09. The molecule has 2 aliphatic rings. The van der Waals surface area contributed by atoms with Crippen LogP contribution in [0.2, 0.25) is 0 Å². The molecule has 0 radical (unpaired) electrons. The van der Waals surface area contributed by atoms with Crippen molar-refractivity contribution in [2.24, 2.45) is 11.3 Å². The first-order valence-corrected chi connectivity index (χ1v) is 4.66. The molecule has 0 aromatic heterocycles. The summed E-state index contributed by atoms with van der Waals surface area (Å²) in [6, 6.07) is 0. The van der Waals surface area contributed by atoms with E-state index in [0.717, 1.165) is 12.8 Å². The van der Waals surface area contributed by atoms with E-state index in [2.05, 4.69) is 20.8 Å². The highest BCUT2D eigenvalue weighted by Crippen LogP contribution is 2.44. The average Bonchev–Trinajstić information content (AvgIpc) is 2.63. The molecule has 0 aromatic rings. The highest BCUT2D eigenvalue weighted by atomic mass is 16.6. The first kappa shape index (κ1) is 8.24. The Hall–Kier alpha value is -0.370. The van der Waals surface area contributed by atoms with Gasteiger partial charge in [-0.3, -0.25) is 4.79 Å². The van der Waals surface area contributed by atoms with Gasteiger partial charge in [0.2, 0.25) is 0 Å². The zero-order valence-electron chi connectivity index (χ0n) is 7.96. The molecule has 1 saturated heterocycles. The molecule has 0 aromatic carbocycles. The summed E-state index contributed by atoms with van der Waals surface area (Å²) < 4.78 is 5.27. The van der Waals surface area contributed by atoms with Crippen LogP contribution in [0.1, 0.15) is 33.6 Å². The van der Waals surface area contributed by atoms with Crippen molar-refractivity contribution in [2.75, 3.05) is 0 Å². The predicted octanol–water partition coefficient (Wildman–Crippen LogP) is 1.78. The Kier molecular flexibility index (Phi) is 1.59. The number of ether oxygens (including phenoxy) is 1. The van der Waals surface area contributed by atoms with E-state index >= 15 is 0 Å². The lowest BCUT2D eigenvalue weighted by molar-refractivity contribution is -0.122. The van der Waals surface area contributed by atoms with Gasteiger partial charge in [-0.05, 0) is 17.8 Å². The van der Waals surface area contributed by atoms with E-state index in [1.54, 1.807) is 0 Å². The van der Waals surface area contributed by atoms with Crippen LogP contribution in [0.15, 0.2) is 0 Å². The third-order valence-corrected chi connectivity index (χ3v) is 3.09. The van der Waals surface area contributed by atoms with Gasteiger partial charge in [0.05, 0.1) is 6.10 Å². The van der Waals surface area contributed by atoms with E-state index in [9.17, 15) is 4.79 Å². The maximum Gasteiger partial charge on any atom is 0.164 e. The molecule has 0 spiro atoms. The topological polar surface area (TPSA) is 29.6 Å². The van der Waals surface area contributed by atoms with Crippen molar-refractivity contribution in [1.82, 2.24) is 0 Å². The largest absolute Gasteiger partial charge is 0.361 e. The van der Waals surface area contributed by atoms with Gasteiger partial charge in [0, 0.05) is 6.42 Å². The van der Waals surface area contributed by atoms with Crippen LogP contribution in [0.25, 0.3) is 0 Å². The van der Waals surface area contributed by atoms with Crippen LogP contribution < -0.4 is 0 Å². The third kappa shape index (κ3) is 1.28. The molecule has 3 unspecified atom stereocenters. The first-order chi connectivity index (χ1) is 5.48. The van der Waals surface area contributed by atoms with Gasteiger partial charge in [-0.25, -0.2) is 0 Å². The van der Waals surface area contributed by atoms with E-state index in [1.807, 2.05) is 0 Å². The zero-order valence-corrected chi connectivity index (χ0v) is 7.96. The lowest BCUT2D eigenvalue weighted by Gasteiger charge is -2.31. The minimum absolute atomic E-state index is 0.0106. The normalized spacial score (nSPS) is 40.9. The van der Waals surface area contributed by atoms with Gasteiger partial charge in [-0.15, -0.1) is 0 Å². The highest BCUT2D eigenvalue weighted by Gasteiger charge is 2.51. The van der Waals surface area contributed by atoms with Gasteiger partial charge in [0.15, 0.2) is 5.78 Å². The van der Waals surface area contributed by atoms with Crippen LogP contribution in [-0.2, 0) is 9.53 Å². The standard InChI is InChI=1S/C10H16O2/c1-10(2,3)6-4-7(11)9-8(5-6)12-9/h6,8-9H,4-5H2,1-3H3. The SMILES string of the molecule is CC(C)(C)C1CC(=O)C2OC2C1. The van der Waals surface area contributed by atoms with E-state index in [1.165, 1.54) is 0 Å². The summed E-state index contributed by atoms with van der Waals surface area (Å²) in [5, 5.41) is 0. The average molecular weight is 168 g/mol. The van der Waals surface area contributed by atoms with Crippen LogP contribution in [0, 0.1) is 11.3 Å². The molecule has 68 valence electrons. The number of epoxide rings is 1. The Labute approximate surface area is 73.3 Å². The second-order valence-electron chi connectivity index (χ2n) is 5.06. The Morgan fingerprint density at radius 2 is 2.08 bits per heavy atom. The summed E-state index contributed by atoms with van der Waals surface area (Å²) in [6.07, 6.45) is 2.07. The number of Topliss-reactive ketones (excluding diaryl/α,β-unsaturated/α-hetero) is 1. The summed E-state index contributed by atoms with van der Waals surface area (Å²) in [6.45, 7) is 6.61. The van der Waals surface area contributed by atoms with E-state index < -0.39 is 0 Å². The highest BCUT2D eigenvalue weighted by molar-refractivity contribution is 5.87. The molecule has 3 atom stereocenters. The Bertz CT molecular complexity index is 214. The second kappa shape index (κ2) is 2.32. The number of hydrogen-bond acceptors (Lipinski definition) is 2. The van der Waals surface area contributed by atoms with Crippen molar-refractivity contribution in [3.05, 3.63) is 0 Å². The summed E-state index contributed by atoms with van der Waals surface area (Å²) in [5.74, 6) is 0.847. The molecule has 1 saturated carbocycles. The Morgan fingerprint density at radius 3 is 2.58 bits per heavy atom. The van der Waals surface area contributed by atoms with Crippen molar-refractivity contribution in [1.29, 1.82) is 0 Å². The summed E-state index contributed by atoms with van der Waals surface area (Å²) in [7, 11) is 0. The molecule has 1 aliphatic heterocycles. The van der Waals surface area contributed by atoms with Gasteiger partial charge in [-0.2, -0.15) is 0 Å². The Morgan fingerprint density at radius 1 is 1.42 bits per heavy atom. The van der Waals surface area contributed by atoms with Crippen molar-refractivity contribution >= 4 is 5.78 Å². The maximum absolute atomic E-state index is 11.4. The van der Waals surface area contributed by atoms with Crippen LogP contribution in [-0.4, -0.2) is 18.0 Å². The quantitative estimate of drug-likeness (QED) is 0.516. The van der Waals surface area contributed by atoms with Gasteiger partial charge in [-0.1, -0.05) is 20.8 Å². The molecule has 0 amide bonds. The van der Waals surface area contributed by atoms with Crippen LogP contribution in [0.3, 0.4) is 0 Å². The maximum atomic E-state index is 11.4. The predicted molar refractivity (Wildman–Crippen MR) is 45.8 cm³/mol. The number of hydrogen-bond donors (Lipinski definition) is 0. The molecule has 0 N–H and O–H groups in total. The number of fused-ring (bicyclic) bond motifs is 1. The van der Waals surface area contributed by atoms with E-state index in [0.29, 0.717) is 11.7 Å². The molecule has 2 fully saturated rings. The summed E-state index contributed by atoms with van der Waals surface area (Å²) in [5.41, 5.74) is 0.257. The molecule has 2 heteroatoms. The molecule has 1 heterocycles. The second-order valence-corrected chi connectivity index (χ2v) is 5.06. The van der Waals surface area contributed by atoms with Crippen molar-refractivity contribution in [2.45, 2.75) is 45.8 Å². The molecule has 0 bridgehead atoms. The fourth-order valence-corrected chi connectivity index (χ4v) is 1.99. The van der Waals surface area contributed by atoms with Crippen molar-refractivity contribution in [3.63, 3.8) is 0 Å². The fourth-order valence-electron chi connectivity index (χ4n) is 1.99. The lowest BCUT2D eigenvalue weighted by atomic mass is 9.72. The molecular weight excluding hydrogens is 152 g/mol. The Balaban J connectivity index is 2.06. The van der Waals surface area contributed by atoms with Crippen LogP contribution >= 0.6 is 0 Å². The number of ketones is 1. The minimum Gasteiger partial charge on any atom is -0.361 e. The lowest BCUT2D eigenvalue weighted by Crippen LogP contribution is -2.31. The summed E-state index contributed by atoms with van der Waals surface area (Å²) in [4.78, 5) is 11.4. The van der Waals surface area contributed by atoms with Crippen LogP contribution in [0.4, 0.5) is 0 Å². The fraction of sp³-hybridized carbons (Fsp3) is 0.900. The molecule has 2 rings (SSSR count). The smallest absolute Gasteiger partial charge is 0.164 e. The number of carbonyl (C=O) groups excluding carboxylic acids is 1. The molecule has 1 aliphatic carbocycles. The van der Waals surface area contributed by atoms with Gasteiger partial charge in [0.1, 0.15) is 6.10 Å². The number of rotatable bonds is 0. The molecular formula is C10H16O2.